The largest absolute Gasteiger partial charge is 0.454 e. The average molecular weight is 397 g/mol. The predicted octanol–water partition coefficient (Wildman–Crippen LogP) is 5.21. The van der Waals surface area contributed by atoms with Crippen LogP contribution >= 0.6 is 23.1 Å². The summed E-state index contributed by atoms with van der Waals surface area (Å²) in [4.78, 5) is 3.35. The third kappa shape index (κ3) is 3.77. The van der Waals surface area contributed by atoms with E-state index >= 15 is 0 Å². The van der Waals surface area contributed by atoms with Gasteiger partial charge in [0.1, 0.15) is 0 Å². The monoisotopic (exact) mass is 396 g/mol. The minimum atomic E-state index is 0.283. The number of thioether (sulfide) groups is 1. The first-order valence-electron chi connectivity index (χ1n) is 8.49. The molecule has 0 saturated heterocycles. The minimum Gasteiger partial charge on any atom is -0.454 e. The zero-order valence-electron chi connectivity index (χ0n) is 15.0. The van der Waals surface area contributed by atoms with E-state index < -0.39 is 0 Å². The number of rotatable bonds is 6. The normalized spacial score (nSPS) is 12.2. The number of fused-ring (bicyclic) bond motifs is 1. The summed E-state index contributed by atoms with van der Waals surface area (Å²) in [6, 6.07) is 16.4. The van der Waals surface area contributed by atoms with Crippen LogP contribution in [0.1, 0.15) is 10.4 Å². The van der Waals surface area contributed by atoms with Gasteiger partial charge in [0.2, 0.25) is 6.79 Å². The Morgan fingerprint density at radius 1 is 1.19 bits per heavy atom. The molecule has 2 aromatic carbocycles. The topological polar surface area (TPSA) is 56.5 Å². The molecule has 27 heavy (non-hydrogen) atoms. The summed E-state index contributed by atoms with van der Waals surface area (Å²) in [6.45, 7) is 5.10. The fourth-order valence-corrected chi connectivity index (χ4v) is 4.38. The molecule has 6 heteroatoms. The number of nitrogen functional groups attached to an aromatic ring is 1. The zero-order valence-corrected chi connectivity index (χ0v) is 16.6. The molecular formula is C21H20N2O2S2. The number of anilines is 1. The first-order valence-corrected chi connectivity index (χ1v) is 10.5. The highest BCUT2D eigenvalue weighted by molar-refractivity contribution is 7.98. The van der Waals surface area contributed by atoms with Gasteiger partial charge in [0.25, 0.3) is 0 Å². The second-order valence-corrected chi connectivity index (χ2v) is 8.08. The Labute approximate surface area is 167 Å². The molecule has 0 bridgehead atoms. The molecule has 4 rings (SSSR count). The van der Waals surface area contributed by atoms with E-state index in [-0.39, 0.29) is 6.79 Å². The Kier molecular flexibility index (Phi) is 5.01. The summed E-state index contributed by atoms with van der Waals surface area (Å²) < 4.78 is 10.8. The molecule has 2 heterocycles. The second kappa shape index (κ2) is 7.58. The van der Waals surface area contributed by atoms with Crippen LogP contribution < -0.4 is 20.5 Å². The van der Waals surface area contributed by atoms with Crippen molar-refractivity contribution >= 4 is 34.5 Å². The Balaban J connectivity index is 1.48. The lowest BCUT2D eigenvalue weighted by atomic mass is 10.2. The van der Waals surface area contributed by atoms with Crippen molar-refractivity contribution < 1.29 is 9.47 Å². The van der Waals surface area contributed by atoms with Crippen molar-refractivity contribution in [3.05, 3.63) is 65.6 Å². The zero-order chi connectivity index (χ0) is 18.8. The molecule has 138 valence electrons. The lowest BCUT2D eigenvalue weighted by Gasteiger charge is -2.09. The maximum atomic E-state index is 6.26. The van der Waals surface area contributed by atoms with Gasteiger partial charge < -0.3 is 20.5 Å². The lowest BCUT2D eigenvalue weighted by Crippen LogP contribution is -2.10. The maximum Gasteiger partial charge on any atom is 0.231 e. The van der Waals surface area contributed by atoms with Crippen LogP contribution in [0.2, 0.25) is 0 Å². The SMILES string of the molecule is C=C(NCc1ccc2c(c1)OCO2)c1sc(-c2cccc(SC)c2)cc1N. The molecule has 3 N–H and O–H groups in total. The lowest BCUT2D eigenvalue weighted by molar-refractivity contribution is 0.174. The molecule has 0 aliphatic carbocycles. The van der Waals surface area contributed by atoms with E-state index in [1.165, 1.54) is 10.5 Å². The van der Waals surface area contributed by atoms with Crippen molar-refractivity contribution in [3.8, 4) is 21.9 Å². The van der Waals surface area contributed by atoms with Crippen LogP contribution in [-0.2, 0) is 6.54 Å². The summed E-state index contributed by atoms with van der Waals surface area (Å²) >= 11 is 3.39. The molecule has 0 saturated carbocycles. The quantitative estimate of drug-likeness (QED) is 0.560. The van der Waals surface area contributed by atoms with Gasteiger partial charge >= 0.3 is 0 Å². The summed E-state index contributed by atoms with van der Waals surface area (Å²) in [6.07, 6.45) is 2.08. The van der Waals surface area contributed by atoms with Crippen molar-refractivity contribution in [1.29, 1.82) is 0 Å². The number of nitrogens with two attached hydrogens (primary N) is 1. The first-order chi connectivity index (χ1) is 13.1. The molecule has 0 unspecified atom stereocenters. The molecule has 4 nitrogen and oxygen atoms in total. The van der Waals surface area contributed by atoms with Gasteiger partial charge in [-0.25, -0.2) is 0 Å². The number of hydrogen-bond donors (Lipinski definition) is 2. The third-order valence-corrected chi connectivity index (χ3v) is 6.32. The molecule has 0 spiro atoms. The van der Waals surface area contributed by atoms with Gasteiger partial charge in [-0.05, 0) is 47.7 Å². The van der Waals surface area contributed by atoms with E-state index in [0.29, 0.717) is 6.54 Å². The fraction of sp³-hybridized carbons (Fsp3) is 0.143. The van der Waals surface area contributed by atoms with E-state index in [9.17, 15) is 0 Å². The van der Waals surface area contributed by atoms with E-state index in [1.807, 2.05) is 24.3 Å². The van der Waals surface area contributed by atoms with Crippen molar-refractivity contribution in [3.63, 3.8) is 0 Å². The number of thiophene rings is 1. The van der Waals surface area contributed by atoms with E-state index in [4.69, 9.17) is 15.2 Å². The van der Waals surface area contributed by atoms with Crippen LogP contribution in [0.4, 0.5) is 5.69 Å². The van der Waals surface area contributed by atoms with Crippen molar-refractivity contribution in [2.24, 2.45) is 0 Å². The summed E-state index contributed by atoms with van der Waals surface area (Å²) in [5.41, 5.74) is 10.1. The maximum absolute atomic E-state index is 6.26. The number of hydrogen-bond acceptors (Lipinski definition) is 6. The van der Waals surface area contributed by atoms with E-state index in [0.717, 1.165) is 38.2 Å². The minimum absolute atomic E-state index is 0.283. The van der Waals surface area contributed by atoms with Gasteiger partial charge in [-0.3, -0.25) is 0 Å². The number of nitrogens with one attached hydrogen (secondary N) is 1. The number of ether oxygens (including phenoxy) is 2. The number of benzene rings is 2. The van der Waals surface area contributed by atoms with Gasteiger partial charge in [0.15, 0.2) is 11.5 Å². The Morgan fingerprint density at radius 2 is 2.04 bits per heavy atom. The third-order valence-electron chi connectivity index (χ3n) is 4.33. The van der Waals surface area contributed by atoms with Crippen molar-refractivity contribution in [2.45, 2.75) is 11.4 Å². The summed E-state index contributed by atoms with van der Waals surface area (Å²) in [5, 5.41) is 3.37. The fourth-order valence-electron chi connectivity index (χ4n) is 2.90. The Hall–Kier alpha value is -2.57. The van der Waals surface area contributed by atoms with Gasteiger partial charge in [-0.15, -0.1) is 23.1 Å². The van der Waals surface area contributed by atoms with Crippen LogP contribution in [0, 0.1) is 0 Å². The molecule has 0 fully saturated rings. The molecule has 3 aromatic rings. The Bertz CT molecular complexity index is 998. The van der Waals surface area contributed by atoms with E-state index in [1.54, 1.807) is 23.1 Å². The molecule has 1 aromatic heterocycles. The molecule has 1 aliphatic heterocycles. The van der Waals surface area contributed by atoms with Gasteiger partial charge in [-0.2, -0.15) is 0 Å². The van der Waals surface area contributed by atoms with Crippen LogP contribution in [0.5, 0.6) is 11.5 Å². The molecular weight excluding hydrogens is 376 g/mol. The van der Waals surface area contributed by atoms with Crippen LogP contribution in [0.15, 0.2) is 60.0 Å². The molecule has 0 radical (unpaired) electrons. The molecule has 1 aliphatic rings. The highest BCUT2D eigenvalue weighted by Gasteiger charge is 2.14. The Morgan fingerprint density at radius 3 is 2.89 bits per heavy atom. The van der Waals surface area contributed by atoms with E-state index in [2.05, 4.69) is 42.4 Å². The average Bonchev–Trinajstić information content (AvgIpc) is 3.32. The predicted molar refractivity (Wildman–Crippen MR) is 114 cm³/mol. The molecule has 0 atom stereocenters. The van der Waals surface area contributed by atoms with Gasteiger partial charge in [0, 0.05) is 22.0 Å². The van der Waals surface area contributed by atoms with Crippen LogP contribution in [0.25, 0.3) is 16.1 Å². The van der Waals surface area contributed by atoms with Gasteiger partial charge in [0.05, 0.1) is 10.6 Å². The highest BCUT2D eigenvalue weighted by Crippen LogP contribution is 2.37. The summed E-state index contributed by atoms with van der Waals surface area (Å²) in [5.74, 6) is 1.57. The van der Waals surface area contributed by atoms with Crippen LogP contribution in [0.3, 0.4) is 0 Å². The molecule has 0 amide bonds. The van der Waals surface area contributed by atoms with Gasteiger partial charge in [-0.1, -0.05) is 24.8 Å². The standard InChI is InChI=1S/C21H20N2O2S2/c1-13(23-11-14-6-7-18-19(8-14)25-12-24-18)21-17(22)10-20(27-21)15-4-3-5-16(9-15)26-2/h3-10,23H,1,11-12,22H2,2H3. The second-order valence-electron chi connectivity index (χ2n) is 6.15. The van der Waals surface area contributed by atoms with Crippen LogP contribution in [-0.4, -0.2) is 13.0 Å². The van der Waals surface area contributed by atoms with Crippen molar-refractivity contribution in [2.75, 3.05) is 18.8 Å². The highest BCUT2D eigenvalue weighted by atomic mass is 32.2. The van der Waals surface area contributed by atoms with Crippen molar-refractivity contribution in [1.82, 2.24) is 5.32 Å². The summed E-state index contributed by atoms with van der Waals surface area (Å²) in [7, 11) is 0. The first kappa shape index (κ1) is 17.8. The smallest absolute Gasteiger partial charge is 0.231 e.